The summed E-state index contributed by atoms with van der Waals surface area (Å²) in [6.45, 7) is 7.43. The smallest absolute Gasteiger partial charge is 0.0733 e. The van der Waals surface area contributed by atoms with Crippen LogP contribution in [0, 0.1) is 11.3 Å². The summed E-state index contributed by atoms with van der Waals surface area (Å²) < 4.78 is 5.87. The van der Waals surface area contributed by atoms with Crippen molar-refractivity contribution in [1.29, 1.82) is 0 Å². The normalized spacial score (nSPS) is 20.3. The maximum Gasteiger partial charge on any atom is 0.0733 e. The number of ether oxygens (including phenoxy) is 1. The van der Waals surface area contributed by atoms with Gasteiger partial charge in [0.15, 0.2) is 0 Å². The average Bonchev–Trinajstić information content (AvgIpc) is 2.80. The second-order valence-electron chi connectivity index (χ2n) is 5.39. The van der Waals surface area contributed by atoms with Crippen LogP contribution in [0.4, 0.5) is 0 Å². The molecule has 0 heterocycles. The van der Waals surface area contributed by atoms with E-state index in [4.69, 9.17) is 22.7 Å². The first-order chi connectivity index (χ1) is 6.93. The zero-order valence-electron chi connectivity index (χ0n) is 10.1. The number of rotatable bonds is 7. The van der Waals surface area contributed by atoms with Crippen LogP contribution < -0.4 is 5.73 Å². The number of nitrogens with two attached hydrogens (primary N) is 1. The van der Waals surface area contributed by atoms with E-state index in [1.807, 2.05) is 0 Å². The first-order valence-corrected chi connectivity index (χ1v) is 6.24. The topological polar surface area (TPSA) is 35.2 Å². The van der Waals surface area contributed by atoms with Gasteiger partial charge in [0.05, 0.1) is 17.7 Å². The SMILES string of the molecule is CC(C)CC(C)OCC1(CC(N)=S)CC1. The van der Waals surface area contributed by atoms with Crippen molar-refractivity contribution in [3.8, 4) is 0 Å². The molecule has 1 aliphatic rings. The van der Waals surface area contributed by atoms with Gasteiger partial charge in [-0.15, -0.1) is 0 Å². The maximum absolute atomic E-state index is 5.87. The van der Waals surface area contributed by atoms with Gasteiger partial charge in [0.1, 0.15) is 0 Å². The van der Waals surface area contributed by atoms with Gasteiger partial charge in [0, 0.05) is 11.8 Å². The van der Waals surface area contributed by atoms with Gasteiger partial charge in [-0.3, -0.25) is 0 Å². The van der Waals surface area contributed by atoms with Crippen molar-refractivity contribution in [1.82, 2.24) is 0 Å². The molecule has 0 amide bonds. The molecule has 0 bridgehead atoms. The molecule has 0 aromatic heterocycles. The molecule has 0 spiro atoms. The fourth-order valence-corrected chi connectivity index (χ4v) is 2.28. The van der Waals surface area contributed by atoms with E-state index in [1.54, 1.807) is 0 Å². The fraction of sp³-hybridized carbons (Fsp3) is 0.917. The molecule has 0 aliphatic heterocycles. The molecule has 2 N–H and O–H groups in total. The van der Waals surface area contributed by atoms with E-state index < -0.39 is 0 Å². The van der Waals surface area contributed by atoms with Crippen LogP contribution in [-0.2, 0) is 4.74 Å². The highest BCUT2D eigenvalue weighted by molar-refractivity contribution is 7.80. The molecule has 1 rings (SSSR count). The number of hydrogen-bond acceptors (Lipinski definition) is 2. The van der Waals surface area contributed by atoms with Crippen LogP contribution in [0.1, 0.15) is 46.5 Å². The minimum Gasteiger partial charge on any atom is -0.393 e. The molecular formula is C12H23NOS. The van der Waals surface area contributed by atoms with Crippen LogP contribution in [0.15, 0.2) is 0 Å². The third kappa shape index (κ3) is 4.94. The highest BCUT2D eigenvalue weighted by atomic mass is 32.1. The summed E-state index contributed by atoms with van der Waals surface area (Å²) in [5, 5.41) is 0. The summed E-state index contributed by atoms with van der Waals surface area (Å²) >= 11 is 4.96. The van der Waals surface area contributed by atoms with Crippen molar-refractivity contribution >= 4 is 17.2 Å². The molecule has 1 aliphatic carbocycles. The third-order valence-electron chi connectivity index (χ3n) is 2.98. The molecule has 1 atom stereocenters. The molecule has 0 saturated heterocycles. The molecule has 3 heteroatoms. The fourth-order valence-electron chi connectivity index (χ4n) is 1.97. The minimum absolute atomic E-state index is 0.303. The van der Waals surface area contributed by atoms with Crippen molar-refractivity contribution in [2.75, 3.05) is 6.61 Å². The monoisotopic (exact) mass is 229 g/mol. The Morgan fingerprint density at radius 2 is 2.00 bits per heavy atom. The highest BCUT2D eigenvalue weighted by Crippen LogP contribution is 2.49. The lowest BCUT2D eigenvalue weighted by Crippen LogP contribution is -2.22. The van der Waals surface area contributed by atoms with Gasteiger partial charge in [0.2, 0.25) is 0 Å². The van der Waals surface area contributed by atoms with Gasteiger partial charge < -0.3 is 10.5 Å². The van der Waals surface area contributed by atoms with Crippen LogP contribution in [0.3, 0.4) is 0 Å². The molecule has 2 nitrogen and oxygen atoms in total. The maximum atomic E-state index is 5.87. The quantitative estimate of drug-likeness (QED) is 0.682. The van der Waals surface area contributed by atoms with E-state index in [1.165, 1.54) is 12.8 Å². The Morgan fingerprint density at radius 3 is 2.40 bits per heavy atom. The second kappa shape index (κ2) is 5.26. The molecule has 0 aromatic carbocycles. The van der Waals surface area contributed by atoms with Crippen LogP contribution in [0.2, 0.25) is 0 Å². The van der Waals surface area contributed by atoms with Gasteiger partial charge in [-0.1, -0.05) is 26.1 Å². The van der Waals surface area contributed by atoms with E-state index in [0.29, 0.717) is 22.4 Å². The molecular weight excluding hydrogens is 206 g/mol. The molecule has 0 aromatic rings. The minimum atomic E-state index is 0.303. The van der Waals surface area contributed by atoms with Gasteiger partial charge >= 0.3 is 0 Å². The Bertz CT molecular complexity index is 224. The summed E-state index contributed by atoms with van der Waals surface area (Å²) in [7, 11) is 0. The summed E-state index contributed by atoms with van der Waals surface area (Å²) in [5.74, 6) is 0.700. The summed E-state index contributed by atoms with van der Waals surface area (Å²) in [6.07, 6.45) is 4.78. The highest BCUT2D eigenvalue weighted by Gasteiger charge is 2.43. The second-order valence-corrected chi connectivity index (χ2v) is 5.92. The van der Waals surface area contributed by atoms with Crippen LogP contribution in [0.5, 0.6) is 0 Å². The van der Waals surface area contributed by atoms with Gasteiger partial charge in [-0.2, -0.15) is 0 Å². The molecule has 1 saturated carbocycles. The Kier molecular flexibility index (Phi) is 4.53. The van der Waals surface area contributed by atoms with Crippen molar-refractivity contribution in [2.45, 2.75) is 52.6 Å². The predicted molar refractivity (Wildman–Crippen MR) is 67.9 cm³/mol. The lowest BCUT2D eigenvalue weighted by atomic mass is 10.0. The Balaban J connectivity index is 2.21. The standard InChI is InChI=1S/C12H23NOS/c1-9(2)6-10(3)14-8-12(4-5-12)7-11(13)15/h9-10H,4-8H2,1-3H3,(H2,13,15). The van der Waals surface area contributed by atoms with Crippen molar-refractivity contribution in [2.24, 2.45) is 17.1 Å². The van der Waals surface area contributed by atoms with Crippen LogP contribution in [-0.4, -0.2) is 17.7 Å². The van der Waals surface area contributed by atoms with Crippen molar-refractivity contribution in [3.63, 3.8) is 0 Å². The predicted octanol–water partition coefficient (Wildman–Crippen LogP) is 2.89. The number of hydrogen-bond donors (Lipinski definition) is 1. The zero-order chi connectivity index (χ0) is 11.5. The zero-order valence-corrected chi connectivity index (χ0v) is 10.9. The Morgan fingerprint density at radius 1 is 1.40 bits per heavy atom. The summed E-state index contributed by atoms with van der Waals surface area (Å²) in [5.41, 5.74) is 5.88. The van der Waals surface area contributed by atoms with E-state index >= 15 is 0 Å². The lowest BCUT2D eigenvalue weighted by Gasteiger charge is -2.20. The van der Waals surface area contributed by atoms with Gasteiger partial charge in [-0.25, -0.2) is 0 Å². The largest absolute Gasteiger partial charge is 0.393 e. The third-order valence-corrected chi connectivity index (χ3v) is 3.13. The summed E-state index contributed by atoms with van der Waals surface area (Å²) in [4.78, 5) is 0.632. The summed E-state index contributed by atoms with van der Waals surface area (Å²) in [6, 6.07) is 0. The molecule has 88 valence electrons. The number of thiocarbonyl (C=S) groups is 1. The average molecular weight is 229 g/mol. The first-order valence-electron chi connectivity index (χ1n) is 5.83. The molecule has 1 unspecified atom stereocenters. The van der Waals surface area contributed by atoms with Crippen molar-refractivity contribution in [3.05, 3.63) is 0 Å². The Labute approximate surface area is 98.6 Å². The van der Waals surface area contributed by atoms with Crippen molar-refractivity contribution < 1.29 is 4.74 Å². The van der Waals surface area contributed by atoms with Gasteiger partial charge in [0.25, 0.3) is 0 Å². The lowest BCUT2D eigenvalue weighted by molar-refractivity contribution is 0.0232. The molecule has 0 radical (unpaired) electrons. The van der Waals surface area contributed by atoms with E-state index in [9.17, 15) is 0 Å². The first kappa shape index (κ1) is 12.9. The van der Waals surface area contributed by atoms with E-state index in [-0.39, 0.29) is 0 Å². The van der Waals surface area contributed by atoms with Crippen LogP contribution in [0.25, 0.3) is 0 Å². The molecule has 1 fully saturated rings. The van der Waals surface area contributed by atoms with Gasteiger partial charge in [-0.05, 0) is 32.1 Å². The van der Waals surface area contributed by atoms with E-state index in [0.717, 1.165) is 19.4 Å². The molecule has 15 heavy (non-hydrogen) atoms. The Hall–Kier alpha value is -0.150. The van der Waals surface area contributed by atoms with E-state index in [2.05, 4.69) is 20.8 Å². The van der Waals surface area contributed by atoms with Crippen LogP contribution >= 0.6 is 12.2 Å².